The van der Waals surface area contributed by atoms with E-state index in [0.29, 0.717) is 6.04 Å². The topological polar surface area (TPSA) is 12.0 Å². The van der Waals surface area contributed by atoms with E-state index in [1.807, 2.05) is 0 Å². The molecular weight excluding hydrogens is 250 g/mol. The van der Waals surface area contributed by atoms with Crippen molar-refractivity contribution >= 4 is 11.8 Å². The monoisotopic (exact) mass is 277 g/mol. The van der Waals surface area contributed by atoms with Gasteiger partial charge in [0.15, 0.2) is 0 Å². The summed E-state index contributed by atoms with van der Waals surface area (Å²) in [5, 5.41) is 3.69. The molecule has 1 saturated heterocycles. The Kier molecular flexibility index (Phi) is 6.80. The molecule has 1 aromatic rings. The van der Waals surface area contributed by atoms with Crippen LogP contribution in [0.3, 0.4) is 0 Å². The minimum atomic E-state index is 0.707. The molecule has 106 valence electrons. The van der Waals surface area contributed by atoms with E-state index in [-0.39, 0.29) is 0 Å². The number of aryl methyl sites for hydroxylation is 1. The first kappa shape index (κ1) is 14.9. The fraction of sp³-hybridized carbons (Fsp3) is 0.647. The van der Waals surface area contributed by atoms with E-state index >= 15 is 0 Å². The van der Waals surface area contributed by atoms with Crippen LogP contribution < -0.4 is 5.32 Å². The molecule has 0 saturated carbocycles. The van der Waals surface area contributed by atoms with Gasteiger partial charge in [-0.05, 0) is 61.6 Å². The van der Waals surface area contributed by atoms with Crippen molar-refractivity contribution in [1.82, 2.24) is 5.32 Å². The fourth-order valence-corrected chi connectivity index (χ4v) is 4.17. The smallest absolute Gasteiger partial charge is 0.00727 e. The SMILES string of the molecule is CCNC(CCc1ccccc1)CC1CCSCC1. The summed E-state index contributed by atoms with van der Waals surface area (Å²) in [6.07, 6.45) is 6.72. The lowest BCUT2D eigenvalue weighted by molar-refractivity contribution is 0.355. The van der Waals surface area contributed by atoms with Gasteiger partial charge in [-0.25, -0.2) is 0 Å². The van der Waals surface area contributed by atoms with Gasteiger partial charge in [-0.1, -0.05) is 37.3 Å². The minimum absolute atomic E-state index is 0.707. The van der Waals surface area contributed by atoms with Crippen LogP contribution in [0.15, 0.2) is 30.3 Å². The van der Waals surface area contributed by atoms with E-state index < -0.39 is 0 Å². The van der Waals surface area contributed by atoms with E-state index in [9.17, 15) is 0 Å². The minimum Gasteiger partial charge on any atom is -0.314 e. The third-order valence-electron chi connectivity index (χ3n) is 4.08. The zero-order valence-electron chi connectivity index (χ0n) is 12.1. The molecule has 0 bridgehead atoms. The molecule has 2 heteroatoms. The molecule has 2 rings (SSSR count). The molecule has 19 heavy (non-hydrogen) atoms. The third kappa shape index (κ3) is 5.58. The fourth-order valence-electron chi connectivity index (χ4n) is 2.96. The number of rotatable bonds is 7. The molecule has 1 N–H and O–H groups in total. The largest absolute Gasteiger partial charge is 0.314 e. The number of benzene rings is 1. The first-order chi connectivity index (χ1) is 9.38. The van der Waals surface area contributed by atoms with Crippen molar-refractivity contribution in [1.29, 1.82) is 0 Å². The molecule has 1 atom stereocenters. The van der Waals surface area contributed by atoms with Crippen LogP contribution in [-0.2, 0) is 6.42 Å². The van der Waals surface area contributed by atoms with E-state index in [4.69, 9.17) is 0 Å². The maximum absolute atomic E-state index is 3.69. The molecular formula is C17H27NS. The molecule has 1 unspecified atom stereocenters. The normalized spacial score (nSPS) is 18.4. The average molecular weight is 277 g/mol. The van der Waals surface area contributed by atoms with Gasteiger partial charge >= 0.3 is 0 Å². The summed E-state index contributed by atoms with van der Waals surface area (Å²) in [6.45, 7) is 3.33. The molecule has 0 spiro atoms. The Balaban J connectivity index is 1.78. The molecule has 0 aromatic heterocycles. The first-order valence-corrected chi connectivity index (χ1v) is 8.89. The van der Waals surface area contributed by atoms with Crippen molar-refractivity contribution in [3.8, 4) is 0 Å². The summed E-state index contributed by atoms with van der Waals surface area (Å²) in [5.74, 6) is 3.71. The van der Waals surface area contributed by atoms with Gasteiger partial charge in [0.1, 0.15) is 0 Å². The summed E-state index contributed by atoms with van der Waals surface area (Å²) in [5.41, 5.74) is 1.48. The molecule has 0 amide bonds. The van der Waals surface area contributed by atoms with E-state index in [1.54, 1.807) is 0 Å². The van der Waals surface area contributed by atoms with E-state index in [1.165, 1.54) is 49.2 Å². The maximum atomic E-state index is 3.69. The highest BCUT2D eigenvalue weighted by Crippen LogP contribution is 2.27. The van der Waals surface area contributed by atoms with Gasteiger partial charge in [-0.3, -0.25) is 0 Å². The molecule has 1 aliphatic heterocycles. The molecule has 1 fully saturated rings. The number of nitrogens with one attached hydrogen (secondary N) is 1. The van der Waals surface area contributed by atoms with E-state index in [2.05, 4.69) is 54.3 Å². The number of hydrogen-bond acceptors (Lipinski definition) is 2. The van der Waals surface area contributed by atoms with Gasteiger partial charge in [0.25, 0.3) is 0 Å². The van der Waals surface area contributed by atoms with Crippen molar-refractivity contribution in [2.75, 3.05) is 18.1 Å². The molecule has 1 aliphatic rings. The van der Waals surface area contributed by atoms with Crippen molar-refractivity contribution in [2.45, 2.75) is 45.1 Å². The van der Waals surface area contributed by atoms with Crippen LogP contribution in [0.4, 0.5) is 0 Å². The maximum Gasteiger partial charge on any atom is 0.00727 e. The number of hydrogen-bond donors (Lipinski definition) is 1. The average Bonchev–Trinajstić information content (AvgIpc) is 2.47. The van der Waals surface area contributed by atoms with Crippen LogP contribution in [0.1, 0.15) is 38.2 Å². The highest BCUT2D eigenvalue weighted by molar-refractivity contribution is 7.99. The quantitative estimate of drug-likeness (QED) is 0.804. The van der Waals surface area contributed by atoms with E-state index in [0.717, 1.165) is 12.5 Å². The van der Waals surface area contributed by atoms with Crippen LogP contribution >= 0.6 is 11.8 Å². The van der Waals surface area contributed by atoms with Gasteiger partial charge in [0, 0.05) is 6.04 Å². The predicted molar refractivity (Wildman–Crippen MR) is 86.9 cm³/mol. The zero-order chi connectivity index (χ0) is 13.3. The van der Waals surface area contributed by atoms with Crippen molar-refractivity contribution in [2.24, 2.45) is 5.92 Å². The Bertz CT molecular complexity index is 332. The van der Waals surface area contributed by atoms with Crippen LogP contribution in [0.2, 0.25) is 0 Å². The van der Waals surface area contributed by atoms with Crippen molar-refractivity contribution in [3.63, 3.8) is 0 Å². The Morgan fingerprint density at radius 2 is 1.95 bits per heavy atom. The Morgan fingerprint density at radius 1 is 1.21 bits per heavy atom. The van der Waals surface area contributed by atoms with Crippen molar-refractivity contribution in [3.05, 3.63) is 35.9 Å². The molecule has 0 radical (unpaired) electrons. The Labute approximate surface area is 122 Å². The van der Waals surface area contributed by atoms with Gasteiger partial charge in [0.05, 0.1) is 0 Å². The Hall–Kier alpha value is -0.470. The summed E-state index contributed by atoms with van der Waals surface area (Å²) in [4.78, 5) is 0. The van der Waals surface area contributed by atoms with Gasteiger partial charge in [0.2, 0.25) is 0 Å². The summed E-state index contributed by atoms with van der Waals surface area (Å²) >= 11 is 2.13. The second-order valence-corrected chi connectivity index (χ2v) is 6.80. The second-order valence-electron chi connectivity index (χ2n) is 5.57. The lowest BCUT2D eigenvalue weighted by atomic mass is 9.91. The van der Waals surface area contributed by atoms with Crippen molar-refractivity contribution < 1.29 is 0 Å². The van der Waals surface area contributed by atoms with Gasteiger partial charge < -0.3 is 5.32 Å². The highest BCUT2D eigenvalue weighted by atomic mass is 32.2. The van der Waals surface area contributed by atoms with Crippen LogP contribution in [0, 0.1) is 5.92 Å². The summed E-state index contributed by atoms with van der Waals surface area (Å²) < 4.78 is 0. The molecule has 1 heterocycles. The summed E-state index contributed by atoms with van der Waals surface area (Å²) in [6, 6.07) is 11.6. The zero-order valence-corrected chi connectivity index (χ0v) is 12.9. The first-order valence-electron chi connectivity index (χ1n) is 7.73. The second kappa shape index (κ2) is 8.65. The summed E-state index contributed by atoms with van der Waals surface area (Å²) in [7, 11) is 0. The molecule has 1 aromatic carbocycles. The van der Waals surface area contributed by atoms with Crippen LogP contribution in [-0.4, -0.2) is 24.1 Å². The third-order valence-corrected chi connectivity index (χ3v) is 5.12. The lowest BCUT2D eigenvalue weighted by Gasteiger charge is -2.27. The number of thioether (sulfide) groups is 1. The molecule has 1 nitrogen and oxygen atoms in total. The Morgan fingerprint density at radius 3 is 2.63 bits per heavy atom. The van der Waals surface area contributed by atoms with Gasteiger partial charge in [-0.2, -0.15) is 11.8 Å². The predicted octanol–water partition coefficient (Wildman–Crippen LogP) is 4.13. The standard InChI is InChI=1S/C17H27NS/c1-2-18-17(14-16-10-12-19-13-11-16)9-8-15-6-4-3-5-7-15/h3-7,16-18H,2,8-14H2,1H3. The highest BCUT2D eigenvalue weighted by Gasteiger charge is 2.18. The van der Waals surface area contributed by atoms with Crippen LogP contribution in [0.5, 0.6) is 0 Å². The molecule has 0 aliphatic carbocycles. The lowest BCUT2D eigenvalue weighted by Crippen LogP contribution is -2.32. The van der Waals surface area contributed by atoms with Crippen LogP contribution in [0.25, 0.3) is 0 Å². The van der Waals surface area contributed by atoms with Gasteiger partial charge in [-0.15, -0.1) is 0 Å².